The fourth-order valence-electron chi connectivity index (χ4n) is 2.77. The average Bonchev–Trinajstić information content (AvgIpc) is 3.18. The van der Waals surface area contributed by atoms with E-state index in [-0.39, 0.29) is 11.9 Å². The van der Waals surface area contributed by atoms with E-state index >= 15 is 0 Å². The van der Waals surface area contributed by atoms with Crippen LogP contribution in [0.3, 0.4) is 0 Å². The van der Waals surface area contributed by atoms with Gasteiger partial charge in [-0.1, -0.05) is 6.92 Å². The lowest BCUT2D eigenvalue weighted by atomic mass is 10.1. The first-order valence-electron chi connectivity index (χ1n) is 6.95. The van der Waals surface area contributed by atoms with Gasteiger partial charge in [0.1, 0.15) is 0 Å². The molecule has 19 heavy (non-hydrogen) atoms. The van der Waals surface area contributed by atoms with Crippen LogP contribution in [0.2, 0.25) is 0 Å². The molecule has 0 aromatic carbocycles. The second-order valence-corrected chi connectivity index (χ2v) is 5.93. The molecule has 1 saturated carbocycles. The molecule has 1 amide bonds. The Morgan fingerprint density at radius 2 is 2.21 bits per heavy atom. The molecule has 0 bridgehead atoms. The highest BCUT2D eigenvalue weighted by atomic mass is 16.2. The largest absolute Gasteiger partial charge is 0.346 e. The second-order valence-electron chi connectivity index (χ2n) is 5.93. The number of carbonyl (C=O) groups excluding carboxylic acids is 1. The number of nitrogens with zero attached hydrogens (tertiary/aromatic N) is 3. The summed E-state index contributed by atoms with van der Waals surface area (Å²) in [4.78, 5) is 14.5. The Morgan fingerprint density at radius 3 is 2.84 bits per heavy atom. The van der Waals surface area contributed by atoms with Gasteiger partial charge in [0.25, 0.3) is 5.91 Å². The van der Waals surface area contributed by atoms with E-state index in [1.165, 1.54) is 12.8 Å². The van der Waals surface area contributed by atoms with E-state index in [1.54, 1.807) is 6.20 Å². The molecule has 102 valence electrons. The van der Waals surface area contributed by atoms with Gasteiger partial charge in [-0.2, -0.15) is 5.10 Å². The van der Waals surface area contributed by atoms with Gasteiger partial charge in [-0.05, 0) is 43.4 Å². The van der Waals surface area contributed by atoms with Crippen LogP contribution in [0.1, 0.15) is 41.7 Å². The van der Waals surface area contributed by atoms with E-state index in [0.29, 0.717) is 17.5 Å². The number of likely N-dealkylation sites (tertiary alicyclic amines) is 1. The maximum absolute atomic E-state index is 12.2. The third-order valence-corrected chi connectivity index (χ3v) is 4.07. The van der Waals surface area contributed by atoms with Gasteiger partial charge in [0.15, 0.2) is 5.69 Å². The van der Waals surface area contributed by atoms with Crippen LogP contribution in [0.25, 0.3) is 0 Å². The van der Waals surface area contributed by atoms with Crippen LogP contribution in [0.4, 0.5) is 0 Å². The predicted molar refractivity (Wildman–Crippen MR) is 71.9 cm³/mol. The van der Waals surface area contributed by atoms with Crippen LogP contribution < -0.4 is 5.32 Å². The minimum absolute atomic E-state index is 0.0952. The first-order valence-corrected chi connectivity index (χ1v) is 6.95. The van der Waals surface area contributed by atoms with Crippen molar-refractivity contribution in [2.75, 3.05) is 20.1 Å². The van der Waals surface area contributed by atoms with Crippen molar-refractivity contribution in [2.24, 2.45) is 5.92 Å². The lowest BCUT2D eigenvalue weighted by Crippen LogP contribution is -2.40. The fourth-order valence-corrected chi connectivity index (χ4v) is 2.77. The van der Waals surface area contributed by atoms with Crippen molar-refractivity contribution in [3.8, 4) is 0 Å². The Kier molecular flexibility index (Phi) is 3.22. The van der Waals surface area contributed by atoms with Crippen molar-refractivity contribution in [1.29, 1.82) is 0 Å². The zero-order valence-corrected chi connectivity index (χ0v) is 11.5. The molecule has 3 rings (SSSR count). The third-order valence-electron chi connectivity index (χ3n) is 4.07. The Balaban J connectivity index is 1.68. The number of hydrogen-bond donors (Lipinski definition) is 1. The van der Waals surface area contributed by atoms with Crippen molar-refractivity contribution in [3.05, 3.63) is 23.5 Å². The molecular formula is C14H20N4O. The highest BCUT2D eigenvalue weighted by Crippen LogP contribution is 2.39. The van der Waals surface area contributed by atoms with Gasteiger partial charge >= 0.3 is 0 Å². The predicted octanol–water partition coefficient (Wildman–Crippen LogP) is 1.03. The molecule has 5 nitrogen and oxygen atoms in total. The quantitative estimate of drug-likeness (QED) is 0.882. The summed E-state index contributed by atoms with van der Waals surface area (Å²) in [5, 5.41) is 11.0. The van der Waals surface area contributed by atoms with Gasteiger partial charge < -0.3 is 10.2 Å². The van der Waals surface area contributed by atoms with Crippen molar-refractivity contribution in [2.45, 2.75) is 31.7 Å². The number of carbonyl (C=O) groups is 1. The Labute approximate surface area is 113 Å². The smallest absolute Gasteiger partial charge is 0.272 e. The van der Waals surface area contributed by atoms with E-state index in [0.717, 1.165) is 18.7 Å². The van der Waals surface area contributed by atoms with Crippen LogP contribution in [0, 0.1) is 5.92 Å². The van der Waals surface area contributed by atoms with E-state index in [9.17, 15) is 4.79 Å². The van der Waals surface area contributed by atoms with Crippen LogP contribution >= 0.6 is 0 Å². The second kappa shape index (κ2) is 4.89. The summed E-state index contributed by atoms with van der Waals surface area (Å²) in [5.74, 6) is 0.981. The summed E-state index contributed by atoms with van der Waals surface area (Å²) in [6, 6.07) is 2.10. The molecule has 2 fully saturated rings. The molecule has 1 saturated heterocycles. The molecule has 2 heterocycles. The first-order chi connectivity index (χ1) is 9.13. The van der Waals surface area contributed by atoms with Gasteiger partial charge in [0, 0.05) is 19.1 Å². The SMILES string of the molecule is C[C@H]1CN(C)C[C@H]1NC(=O)c1cc(C2CC2)cnn1. The van der Waals surface area contributed by atoms with Crippen LogP contribution in [0.5, 0.6) is 0 Å². The summed E-state index contributed by atoms with van der Waals surface area (Å²) >= 11 is 0. The number of hydrogen-bond acceptors (Lipinski definition) is 4. The average molecular weight is 260 g/mol. The topological polar surface area (TPSA) is 58.1 Å². The van der Waals surface area contributed by atoms with Gasteiger partial charge in [0.2, 0.25) is 0 Å². The lowest BCUT2D eigenvalue weighted by molar-refractivity contribution is 0.0925. The van der Waals surface area contributed by atoms with Gasteiger partial charge in [-0.25, -0.2) is 0 Å². The maximum atomic E-state index is 12.2. The standard InChI is InChI=1S/C14H20N4O/c1-9-7-18(2)8-13(9)16-14(19)12-5-11(6-15-17-12)10-3-4-10/h5-6,9-10,13H,3-4,7-8H2,1-2H3,(H,16,19)/t9-,13+/m0/s1. The highest BCUT2D eigenvalue weighted by Gasteiger charge is 2.30. The number of rotatable bonds is 3. The molecule has 0 spiro atoms. The van der Waals surface area contributed by atoms with Crippen molar-refractivity contribution in [3.63, 3.8) is 0 Å². The van der Waals surface area contributed by atoms with Crippen molar-refractivity contribution < 1.29 is 4.79 Å². The van der Waals surface area contributed by atoms with E-state index < -0.39 is 0 Å². The van der Waals surface area contributed by atoms with Gasteiger partial charge in [-0.15, -0.1) is 5.10 Å². The Bertz CT molecular complexity index is 486. The highest BCUT2D eigenvalue weighted by molar-refractivity contribution is 5.92. The molecule has 1 aliphatic carbocycles. The van der Waals surface area contributed by atoms with E-state index in [2.05, 4.69) is 34.4 Å². The molecule has 1 N–H and O–H groups in total. The minimum Gasteiger partial charge on any atom is -0.346 e. The normalized spacial score (nSPS) is 27.5. The Hall–Kier alpha value is -1.49. The summed E-state index contributed by atoms with van der Waals surface area (Å²) in [6.07, 6.45) is 4.19. The van der Waals surface area contributed by atoms with Crippen LogP contribution in [-0.2, 0) is 0 Å². The molecule has 0 unspecified atom stereocenters. The zero-order chi connectivity index (χ0) is 13.4. The number of nitrogens with one attached hydrogen (secondary N) is 1. The van der Waals surface area contributed by atoms with Gasteiger partial charge in [-0.3, -0.25) is 4.79 Å². The lowest BCUT2D eigenvalue weighted by Gasteiger charge is -2.16. The fraction of sp³-hybridized carbons (Fsp3) is 0.643. The summed E-state index contributed by atoms with van der Waals surface area (Å²) in [7, 11) is 2.08. The van der Waals surface area contributed by atoms with Gasteiger partial charge in [0.05, 0.1) is 6.20 Å². The molecule has 2 aliphatic rings. The first kappa shape index (κ1) is 12.5. The molecular weight excluding hydrogens is 240 g/mol. The van der Waals surface area contributed by atoms with E-state index in [1.807, 2.05) is 6.07 Å². The molecule has 0 radical (unpaired) electrons. The van der Waals surface area contributed by atoms with Crippen molar-refractivity contribution in [1.82, 2.24) is 20.4 Å². The summed E-state index contributed by atoms with van der Waals surface area (Å²) < 4.78 is 0. The minimum atomic E-state index is -0.0952. The number of aromatic nitrogens is 2. The van der Waals surface area contributed by atoms with Crippen LogP contribution in [0.15, 0.2) is 12.3 Å². The molecule has 1 aromatic rings. The molecule has 1 aliphatic heterocycles. The third kappa shape index (κ3) is 2.76. The molecule has 2 atom stereocenters. The number of amides is 1. The molecule has 5 heteroatoms. The van der Waals surface area contributed by atoms with E-state index in [4.69, 9.17) is 0 Å². The Morgan fingerprint density at radius 1 is 1.42 bits per heavy atom. The number of likely N-dealkylation sites (N-methyl/N-ethyl adjacent to an activating group) is 1. The van der Waals surface area contributed by atoms with Crippen molar-refractivity contribution >= 4 is 5.91 Å². The van der Waals surface area contributed by atoms with Crippen LogP contribution in [-0.4, -0.2) is 47.2 Å². The zero-order valence-electron chi connectivity index (χ0n) is 11.5. The monoisotopic (exact) mass is 260 g/mol. The maximum Gasteiger partial charge on any atom is 0.272 e. The summed E-state index contributed by atoms with van der Waals surface area (Å²) in [5.41, 5.74) is 1.60. The summed E-state index contributed by atoms with van der Waals surface area (Å²) in [6.45, 7) is 4.10. The molecule has 1 aromatic heterocycles.